The molecule has 0 spiro atoms. The third kappa shape index (κ3) is 7.04. The van der Waals surface area contributed by atoms with Crippen molar-refractivity contribution in [3.8, 4) is 50.9 Å². The predicted molar refractivity (Wildman–Crippen MR) is 256 cm³/mol. The summed E-state index contributed by atoms with van der Waals surface area (Å²) in [7, 11) is 0. The SMILES string of the molecule is [2H]c1c([2H])c([2H])c(-c2cccc(-c3c([2H])c([2H])c([2H])c([2H])c3[2H])c2-[n+]2[c-]n(-c3cccc(Oc4ccc5c6c([2H])c([2H])c([2H])c([2H])c6n(-c6cc(CC(C)(C)c7ccccc7)ccn6)c5c4)c3)c3ccccc32)c([2H])c1[2H]. The summed E-state index contributed by atoms with van der Waals surface area (Å²) in [6.45, 7) is 4.34. The van der Waals surface area contributed by atoms with E-state index in [2.05, 4.69) is 32.3 Å². The number of para-hydroxylation sites is 4. The second-order valence-electron chi connectivity index (χ2n) is 15.7. The van der Waals surface area contributed by atoms with Gasteiger partial charge in [0.1, 0.15) is 17.3 Å². The Morgan fingerprint density at radius 1 is 0.603 bits per heavy atom. The van der Waals surface area contributed by atoms with E-state index in [0.29, 0.717) is 56.7 Å². The molecule has 11 rings (SSSR count). The molecule has 0 fully saturated rings. The van der Waals surface area contributed by atoms with Gasteiger partial charge in [-0.25, -0.2) is 4.98 Å². The molecule has 0 aliphatic heterocycles. The highest BCUT2D eigenvalue weighted by Crippen LogP contribution is 2.38. The minimum absolute atomic E-state index is 0.117. The molecule has 302 valence electrons. The first-order chi connectivity index (χ1) is 36.8. The Labute approximate surface area is 387 Å². The lowest BCUT2D eigenvalue weighted by molar-refractivity contribution is -0.571. The molecule has 0 saturated heterocycles. The van der Waals surface area contributed by atoms with E-state index in [1.807, 2.05) is 48.5 Å². The molecule has 0 N–H and O–H groups in total. The van der Waals surface area contributed by atoms with Crippen molar-refractivity contribution in [2.24, 2.45) is 0 Å². The van der Waals surface area contributed by atoms with Gasteiger partial charge in [0, 0.05) is 23.0 Å². The van der Waals surface area contributed by atoms with Crippen molar-refractivity contribution in [2.45, 2.75) is 25.7 Å². The van der Waals surface area contributed by atoms with E-state index in [9.17, 15) is 0 Å². The lowest BCUT2D eigenvalue weighted by atomic mass is 9.79. The Morgan fingerprint density at radius 3 is 2.06 bits per heavy atom. The maximum Gasteiger partial charge on any atom is 0.269 e. The average molecular weight is 827 g/mol. The van der Waals surface area contributed by atoms with Crippen LogP contribution < -0.4 is 9.30 Å². The lowest BCUT2D eigenvalue weighted by Gasteiger charge is -2.25. The van der Waals surface area contributed by atoms with E-state index < -0.39 is 60.4 Å². The summed E-state index contributed by atoms with van der Waals surface area (Å²) >= 11 is 0. The third-order valence-corrected chi connectivity index (χ3v) is 11.3. The summed E-state index contributed by atoms with van der Waals surface area (Å²) in [4.78, 5) is 4.78. The van der Waals surface area contributed by atoms with Crippen LogP contribution in [0.1, 0.15) is 44.2 Å². The molecular formula is C58H44N4O. The molecule has 11 aromatic rings. The zero-order chi connectivity index (χ0) is 54.5. The van der Waals surface area contributed by atoms with E-state index in [1.54, 1.807) is 86.6 Å². The molecule has 0 bridgehead atoms. The number of nitrogens with zero attached hydrogens (tertiary/aromatic N) is 4. The molecule has 0 aliphatic carbocycles. The van der Waals surface area contributed by atoms with Crippen molar-refractivity contribution in [1.29, 1.82) is 0 Å². The molecular weight excluding hydrogens is 769 g/mol. The molecule has 0 unspecified atom stereocenters. The number of imidazole rings is 1. The Bertz CT molecular complexity index is 4120. The molecule has 0 saturated carbocycles. The largest absolute Gasteiger partial charge is 0.458 e. The highest BCUT2D eigenvalue weighted by Gasteiger charge is 2.23. The van der Waals surface area contributed by atoms with Crippen LogP contribution in [-0.2, 0) is 11.8 Å². The van der Waals surface area contributed by atoms with E-state index in [-0.39, 0.29) is 63.0 Å². The van der Waals surface area contributed by atoms with Crippen LogP contribution in [0.5, 0.6) is 11.5 Å². The molecule has 3 aromatic heterocycles. The van der Waals surface area contributed by atoms with Gasteiger partial charge in [-0.3, -0.25) is 13.7 Å². The molecule has 63 heavy (non-hydrogen) atoms. The van der Waals surface area contributed by atoms with Crippen LogP contribution in [0, 0.1) is 6.33 Å². The van der Waals surface area contributed by atoms with Gasteiger partial charge in [-0.1, -0.05) is 171 Å². The number of hydrogen-bond donors (Lipinski definition) is 0. The minimum atomic E-state index is -0.595. The van der Waals surface area contributed by atoms with Crippen LogP contribution in [-0.4, -0.2) is 14.1 Å². The smallest absolute Gasteiger partial charge is 0.269 e. The standard InChI is InChI=1S/C58H44N4O/c1-58(2,44-22-10-5-11-23-44)39-41-34-35-59-56(36-41)62-52-29-13-12-26-50(52)51-33-32-47(38-55(51)62)63-46-25-16-24-45(37-46)60-40-61(54-31-15-14-30-53(54)60)57-48(42-18-6-3-7-19-42)27-17-28-49(57)43-20-8-4-9-21-43/h3-38H,39H2,1-2H3/i3D,4D,6D,7D,8D,9D,12D,13D,18D,19D,20D,21D,26D,29D. The Balaban J connectivity index is 1.06. The maximum absolute atomic E-state index is 9.15. The Kier molecular flexibility index (Phi) is 6.43. The number of fused-ring (bicyclic) bond motifs is 4. The van der Waals surface area contributed by atoms with Crippen LogP contribution in [0.3, 0.4) is 0 Å². The molecule has 5 heteroatoms. The topological polar surface area (TPSA) is 35.9 Å². The minimum Gasteiger partial charge on any atom is -0.458 e. The monoisotopic (exact) mass is 826 g/mol. The van der Waals surface area contributed by atoms with Gasteiger partial charge in [-0.05, 0) is 93.7 Å². The van der Waals surface area contributed by atoms with Crippen molar-refractivity contribution in [1.82, 2.24) is 14.1 Å². The zero-order valence-electron chi connectivity index (χ0n) is 48.1. The van der Waals surface area contributed by atoms with Crippen LogP contribution in [0.15, 0.2) is 218 Å². The first-order valence-electron chi connectivity index (χ1n) is 27.4. The van der Waals surface area contributed by atoms with Crippen molar-refractivity contribution in [2.75, 3.05) is 0 Å². The third-order valence-electron chi connectivity index (χ3n) is 11.3. The van der Waals surface area contributed by atoms with Crippen molar-refractivity contribution >= 4 is 32.8 Å². The molecule has 0 atom stereocenters. The van der Waals surface area contributed by atoms with Gasteiger partial charge >= 0.3 is 0 Å². The summed E-state index contributed by atoms with van der Waals surface area (Å²) in [5, 5.41) is 0.900. The van der Waals surface area contributed by atoms with Crippen molar-refractivity contribution in [3.05, 3.63) is 236 Å². The predicted octanol–water partition coefficient (Wildman–Crippen LogP) is 13.8. The normalized spacial score (nSPS) is 14.8. The van der Waals surface area contributed by atoms with Gasteiger partial charge in [0.05, 0.1) is 52.6 Å². The highest BCUT2D eigenvalue weighted by molar-refractivity contribution is 6.09. The fourth-order valence-electron chi connectivity index (χ4n) is 8.39. The van der Waals surface area contributed by atoms with Gasteiger partial charge in [-0.2, -0.15) is 0 Å². The highest BCUT2D eigenvalue weighted by atomic mass is 16.5. The molecule has 5 nitrogen and oxygen atoms in total. The fraction of sp³-hybridized carbons (Fsp3) is 0.0690. The Hall–Kier alpha value is -8.02. The number of hydrogen-bond acceptors (Lipinski definition) is 2. The summed E-state index contributed by atoms with van der Waals surface area (Å²) in [5.41, 5.74) is 4.35. The van der Waals surface area contributed by atoms with Gasteiger partial charge in [0.25, 0.3) is 6.33 Å². The molecule has 3 heterocycles. The van der Waals surface area contributed by atoms with Crippen molar-refractivity contribution < 1.29 is 28.5 Å². The molecule has 8 aromatic carbocycles. The first kappa shape index (κ1) is 25.7. The average Bonchev–Trinajstić information content (AvgIpc) is 4.03. The van der Waals surface area contributed by atoms with Crippen LogP contribution >= 0.6 is 0 Å². The van der Waals surface area contributed by atoms with E-state index >= 15 is 0 Å². The summed E-state index contributed by atoms with van der Waals surface area (Å²) in [5.74, 6) is 1.22. The van der Waals surface area contributed by atoms with E-state index in [0.717, 1.165) is 11.1 Å². The van der Waals surface area contributed by atoms with Crippen LogP contribution in [0.2, 0.25) is 0 Å². The van der Waals surface area contributed by atoms with Crippen molar-refractivity contribution in [3.63, 3.8) is 0 Å². The quantitative estimate of drug-likeness (QED) is 0.102. The van der Waals surface area contributed by atoms with Gasteiger partial charge in [-0.15, -0.1) is 0 Å². The van der Waals surface area contributed by atoms with Crippen LogP contribution in [0.4, 0.5) is 0 Å². The molecule has 0 aliphatic rings. The zero-order valence-corrected chi connectivity index (χ0v) is 34.1. The lowest BCUT2D eigenvalue weighted by Crippen LogP contribution is -2.31. The summed E-state index contributed by atoms with van der Waals surface area (Å²) in [6.07, 6.45) is 5.76. The number of rotatable bonds is 10. The Morgan fingerprint density at radius 2 is 1.29 bits per heavy atom. The molecule has 0 amide bonds. The first-order valence-corrected chi connectivity index (χ1v) is 20.4. The second-order valence-corrected chi connectivity index (χ2v) is 15.7. The summed E-state index contributed by atoms with van der Waals surface area (Å²) < 4.78 is 134. The second kappa shape index (κ2) is 15.8. The summed E-state index contributed by atoms with van der Waals surface area (Å²) in [6, 6.07) is 31.7. The number of aromatic nitrogens is 4. The van der Waals surface area contributed by atoms with E-state index in [1.165, 1.54) is 0 Å². The van der Waals surface area contributed by atoms with Crippen LogP contribution in [0.25, 0.3) is 72.3 Å². The molecule has 0 radical (unpaired) electrons. The number of pyridine rings is 1. The van der Waals surface area contributed by atoms with Gasteiger partial charge in [0.15, 0.2) is 0 Å². The van der Waals surface area contributed by atoms with E-state index in [4.69, 9.17) is 28.9 Å². The van der Waals surface area contributed by atoms with Gasteiger partial charge in [0.2, 0.25) is 0 Å². The fourth-order valence-corrected chi connectivity index (χ4v) is 8.39. The number of benzene rings is 8. The maximum atomic E-state index is 9.15. The number of ether oxygens (including phenoxy) is 1. The van der Waals surface area contributed by atoms with Gasteiger partial charge < -0.3 is 4.74 Å².